The topological polar surface area (TPSA) is 142 Å². The van der Waals surface area contributed by atoms with Gasteiger partial charge in [-0.15, -0.1) is 10.7 Å². The van der Waals surface area contributed by atoms with Gasteiger partial charge >= 0.3 is 65.1 Å². The van der Waals surface area contributed by atoms with E-state index in [9.17, 15) is 4.79 Å². The molecule has 0 aliphatic carbocycles. The van der Waals surface area contributed by atoms with Gasteiger partial charge in [0.25, 0.3) is 0 Å². The molecule has 0 aliphatic heterocycles. The Kier molecular flexibility index (Phi) is 27.4. The summed E-state index contributed by atoms with van der Waals surface area (Å²) in [6.07, 6.45) is 0. The molecule has 0 saturated carbocycles. The van der Waals surface area contributed by atoms with Gasteiger partial charge in [-0.3, -0.25) is 0 Å². The third-order valence-electron chi connectivity index (χ3n) is 1.38. The fourth-order valence-corrected chi connectivity index (χ4v) is 0.813. The van der Waals surface area contributed by atoms with Crippen molar-refractivity contribution < 1.29 is 69.0 Å². The van der Waals surface area contributed by atoms with Crippen molar-refractivity contribution in [1.82, 2.24) is 0 Å². The zero-order chi connectivity index (χ0) is 13.0. The molecule has 18 heavy (non-hydrogen) atoms. The first-order valence-corrected chi connectivity index (χ1v) is 3.74. The molecule has 0 fully saturated rings. The first-order valence-electron chi connectivity index (χ1n) is 3.74. The van der Waals surface area contributed by atoms with Crippen LogP contribution in [-0.4, -0.2) is 11.1 Å². The number of hydrogen-bond acceptors (Lipinski definition) is 7. The number of carbonyl (C=O) groups is 1. The summed E-state index contributed by atoms with van der Waals surface area (Å²) in [5, 5.41) is 26.6. The number of carboxylic acids is 1. The van der Waals surface area contributed by atoms with E-state index in [1.165, 1.54) is 0 Å². The van der Waals surface area contributed by atoms with Gasteiger partial charge in [-0.25, -0.2) is 4.79 Å². The molecule has 1 aromatic rings. The Labute approximate surface area is 147 Å². The molecule has 0 unspecified atom stereocenters. The van der Waals surface area contributed by atoms with Crippen molar-refractivity contribution in [1.29, 1.82) is 0 Å². The van der Waals surface area contributed by atoms with Crippen molar-refractivity contribution in [2.24, 2.45) is 10.7 Å². The second kappa shape index (κ2) is 18.8. The van der Waals surface area contributed by atoms with Crippen molar-refractivity contribution in [3.8, 4) is 0 Å². The number of carboxylic acid groups (broad SMARTS) is 1. The average Bonchev–Trinajstić information content (AvgIpc) is 2.20. The summed E-state index contributed by atoms with van der Waals surface area (Å²) in [5.74, 6) is -0.863. The van der Waals surface area contributed by atoms with E-state index in [2.05, 4.69) is 0 Å². The van der Waals surface area contributed by atoms with E-state index in [0.717, 1.165) is 16.2 Å². The number of rotatable bonds is 1. The molecule has 8 nitrogen and oxygen atoms in total. The predicted molar refractivity (Wildman–Crippen MR) is 56.5 cm³/mol. The van der Waals surface area contributed by atoms with Crippen LogP contribution in [0.1, 0.15) is 15.9 Å². The number of benzene rings is 1. The van der Waals surface area contributed by atoms with Crippen LogP contribution in [0.15, 0.2) is 34.9 Å². The largest absolute Gasteiger partial charge is 1.00 e. The van der Waals surface area contributed by atoms with Gasteiger partial charge in [-0.05, 0) is 18.6 Å². The molecule has 0 aliphatic rings. The van der Waals surface area contributed by atoms with Gasteiger partial charge in [0.1, 0.15) is 0 Å². The van der Waals surface area contributed by atoms with Gasteiger partial charge in [-0.1, -0.05) is 18.2 Å². The zero-order valence-corrected chi connectivity index (χ0v) is 14.2. The summed E-state index contributed by atoms with van der Waals surface area (Å²) in [7, 11) is 0. The van der Waals surface area contributed by atoms with E-state index in [-0.39, 0.29) is 59.1 Å². The second-order valence-corrected chi connectivity index (χ2v) is 2.27. The Morgan fingerprint density at radius 3 is 1.67 bits per heavy atom. The molecule has 0 radical (unpaired) electrons. The quantitative estimate of drug-likeness (QED) is 0.316. The molecule has 0 atom stereocenters. The molecular formula is C8H8N2Na2O6. The van der Waals surface area contributed by atoms with Crippen molar-refractivity contribution in [2.75, 3.05) is 0 Å². The molecule has 0 spiro atoms. The third kappa shape index (κ3) is 15.5. The van der Waals surface area contributed by atoms with E-state index in [1.807, 2.05) is 6.07 Å². The van der Waals surface area contributed by atoms with Crippen molar-refractivity contribution in [3.05, 3.63) is 55.6 Å². The van der Waals surface area contributed by atoms with Crippen LogP contribution in [0.3, 0.4) is 0 Å². The standard InChI is InChI=1S/C8H8O2.2HNO2.2Na/c1-6-4-2-3-5-7(6)8(9)10;2*2-1-3;;/h2-5H,1H3,(H,9,10);2*(H,2,3);;/q;;;2*+1/p-2. The van der Waals surface area contributed by atoms with E-state index in [0.29, 0.717) is 5.56 Å². The van der Waals surface area contributed by atoms with E-state index < -0.39 is 5.97 Å². The van der Waals surface area contributed by atoms with Gasteiger partial charge in [0.15, 0.2) is 0 Å². The number of aryl methyl sites for hydroxylation is 1. The van der Waals surface area contributed by atoms with E-state index in [4.69, 9.17) is 25.3 Å². The van der Waals surface area contributed by atoms with Crippen LogP contribution in [-0.2, 0) is 0 Å². The number of nitrogens with zero attached hydrogens (tertiary/aromatic N) is 2. The summed E-state index contributed by atoms with van der Waals surface area (Å²) < 4.78 is 0. The Bertz CT molecular complexity index is 344. The van der Waals surface area contributed by atoms with Crippen LogP contribution in [0, 0.1) is 27.2 Å². The Morgan fingerprint density at radius 2 is 1.44 bits per heavy atom. The maximum Gasteiger partial charge on any atom is 1.00 e. The Hall–Kier alpha value is -0.510. The first kappa shape index (κ1) is 26.1. The van der Waals surface area contributed by atoms with Crippen LogP contribution >= 0.6 is 0 Å². The SMILES string of the molecule is Cc1ccccc1C(=O)O.O=N[O-].O=N[O-].[Na+].[Na+]. The fraction of sp³-hybridized carbons (Fsp3) is 0.125. The maximum atomic E-state index is 10.4. The van der Waals surface area contributed by atoms with Gasteiger partial charge in [-0.2, -0.15) is 0 Å². The molecule has 10 heteroatoms. The van der Waals surface area contributed by atoms with Crippen LogP contribution in [0.2, 0.25) is 0 Å². The summed E-state index contributed by atoms with van der Waals surface area (Å²) in [6, 6.07) is 6.92. The summed E-state index contributed by atoms with van der Waals surface area (Å²) in [6.45, 7) is 1.78. The smallest absolute Gasteiger partial charge is 0.478 e. The summed E-state index contributed by atoms with van der Waals surface area (Å²) in [5.41, 5.74) is 1.18. The number of hydrogen-bond donors (Lipinski definition) is 1. The summed E-state index contributed by atoms with van der Waals surface area (Å²) in [4.78, 5) is 26.4. The van der Waals surface area contributed by atoms with Crippen LogP contribution < -0.4 is 59.1 Å². The van der Waals surface area contributed by atoms with Crippen LogP contribution in [0.25, 0.3) is 0 Å². The maximum absolute atomic E-state index is 10.4. The minimum Gasteiger partial charge on any atom is -0.478 e. The molecule has 0 heterocycles. The van der Waals surface area contributed by atoms with Crippen molar-refractivity contribution in [2.45, 2.75) is 6.92 Å². The van der Waals surface area contributed by atoms with Crippen LogP contribution in [0.5, 0.6) is 0 Å². The minimum atomic E-state index is -0.863. The van der Waals surface area contributed by atoms with Crippen molar-refractivity contribution in [3.63, 3.8) is 0 Å². The van der Waals surface area contributed by atoms with Gasteiger partial charge in [0.05, 0.1) is 5.56 Å². The fourth-order valence-electron chi connectivity index (χ4n) is 0.813. The van der Waals surface area contributed by atoms with E-state index in [1.54, 1.807) is 25.1 Å². The first-order chi connectivity index (χ1) is 7.54. The Balaban J connectivity index is -0.000000106. The average molecular weight is 274 g/mol. The van der Waals surface area contributed by atoms with Crippen molar-refractivity contribution >= 4 is 5.97 Å². The zero-order valence-electron chi connectivity index (χ0n) is 10.2. The predicted octanol–water partition coefficient (Wildman–Crippen LogP) is -3.80. The normalized spacial score (nSPS) is 6.50. The molecule has 1 aromatic carbocycles. The molecule has 1 rings (SSSR count). The third-order valence-corrected chi connectivity index (χ3v) is 1.38. The van der Waals surface area contributed by atoms with E-state index >= 15 is 0 Å². The Morgan fingerprint density at radius 1 is 1.11 bits per heavy atom. The van der Waals surface area contributed by atoms with Crippen LogP contribution in [0.4, 0.5) is 0 Å². The molecule has 0 amide bonds. The van der Waals surface area contributed by atoms with Gasteiger partial charge < -0.3 is 25.3 Å². The van der Waals surface area contributed by atoms with Gasteiger partial charge in [0.2, 0.25) is 0 Å². The molecule has 0 bridgehead atoms. The summed E-state index contributed by atoms with van der Waals surface area (Å²) >= 11 is 0. The second-order valence-electron chi connectivity index (χ2n) is 2.27. The molecular weight excluding hydrogens is 266 g/mol. The molecule has 88 valence electrons. The molecule has 0 saturated heterocycles. The molecule has 0 aromatic heterocycles. The minimum absolute atomic E-state index is 0. The molecule has 1 N–H and O–H groups in total. The monoisotopic (exact) mass is 274 g/mol. The van der Waals surface area contributed by atoms with Gasteiger partial charge in [0, 0.05) is 0 Å². The number of aromatic carboxylic acids is 1.